The van der Waals surface area contributed by atoms with Crippen molar-refractivity contribution in [3.8, 4) is 17.0 Å². The summed E-state index contributed by atoms with van der Waals surface area (Å²) in [6.45, 7) is 7.16. The highest BCUT2D eigenvalue weighted by Crippen LogP contribution is 2.38. The normalized spacial score (nSPS) is 11.1. The van der Waals surface area contributed by atoms with E-state index in [1.807, 2.05) is 70.2 Å². The standard InChI is InChI=1S/C26H33N9O2/c1-8-26(36)30-19-11-20(23(37-7)12-21(19)33(5)10-9-32(3)4)29-24-16-35-22(13-28-25(35)14-27-24)18-15-34(6)31-17(18)2/h8,11-16,29H,1,9-10H2,2-7H3,(H,30,36). The van der Waals surface area contributed by atoms with Crippen LogP contribution < -0.4 is 20.3 Å². The van der Waals surface area contributed by atoms with E-state index in [4.69, 9.17) is 4.74 Å². The van der Waals surface area contributed by atoms with Crippen LogP contribution >= 0.6 is 0 Å². The number of carbonyl (C=O) groups is 1. The minimum absolute atomic E-state index is 0.298. The first-order valence-corrected chi connectivity index (χ1v) is 11.8. The molecule has 1 aromatic carbocycles. The van der Waals surface area contributed by atoms with Crippen molar-refractivity contribution in [2.75, 3.05) is 56.9 Å². The average Bonchev–Trinajstić information content (AvgIpc) is 3.43. The van der Waals surface area contributed by atoms with E-state index in [1.165, 1.54) is 6.08 Å². The van der Waals surface area contributed by atoms with Crippen molar-refractivity contribution in [3.05, 3.63) is 55.3 Å². The van der Waals surface area contributed by atoms with Gasteiger partial charge in [0.25, 0.3) is 0 Å². The van der Waals surface area contributed by atoms with Crippen LogP contribution in [0.1, 0.15) is 5.69 Å². The highest BCUT2D eigenvalue weighted by molar-refractivity contribution is 6.02. The number of hydrogen-bond donors (Lipinski definition) is 2. The molecule has 0 aliphatic heterocycles. The van der Waals surface area contributed by atoms with Crippen LogP contribution in [0.25, 0.3) is 16.9 Å². The molecule has 3 aromatic heterocycles. The highest BCUT2D eigenvalue weighted by atomic mass is 16.5. The van der Waals surface area contributed by atoms with Gasteiger partial charge in [0.2, 0.25) is 5.91 Å². The third-order valence-corrected chi connectivity index (χ3v) is 6.00. The van der Waals surface area contributed by atoms with Crippen LogP contribution in [0.5, 0.6) is 5.75 Å². The fraction of sp³-hybridized carbons (Fsp3) is 0.308. The number of carbonyl (C=O) groups excluding carboxylic acids is 1. The molecule has 0 saturated carbocycles. The number of hydrogen-bond acceptors (Lipinski definition) is 8. The van der Waals surface area contributed by atoms with Gasteiger partial charge in [-0.05, 0) is 33.2 Å². The van der Waals surface area contributed by atoms with E-state index < -0.39 is 0 Å². The number of methoxy groups -OCH3 is 1. The van der Waals surface area contributed by atoms with Crippen molar-refractivity contribution < 1.29 is 9.53 Å². The molecule has 0 radical (unpaired) electrons. The Morgan fingerprint density at radius 2 is 1.92 bits per heavy atom. The van der Waals surface area contributed by atoms with E-state index in [-0.39, 0.29) is 5.91 Å². The molecule has 4 aromatic rings. The summed E-state index contributed by atoms with van der Waals surface area (Å²) in [5.74, 6) is 0.897. The molecule has 11 heteroatoms. The Morgan fingerprint density at radius 3 is 2.57 bits per heavy atom. The Labute approximate surface area is 216 Å². The molecule has 3 heterocycles. The van der Waals surface area contributed by atoms with E-state index in [0.29, 0.717) is 28.6 Å². The number of amides is 1. The molecule has 0 bridgehead atoms. The molecule has 0 aliphatic carbocycles. The third-order valence-electron chi connectivity index (χ3n) is 6.00. The minimum Gasteiger partial charge on any atom is -0.494 e. The van der Waals surface area contributed by atoms with Crippen molar-refractivity contribution >= 4 is 34.4 Å². The molecule has 194 valence electrons. The van der Waals surface area contributed by atoms with Crippen LogP contribution in [0.2, 0.25) is 0 Å². The predicted molar refractivity (Wildman–Crippen MR) is 147 cm³/mol. The summed E-state index contributed by atoms with van der Waals surface area (Å²) in [7, 11) is 9.53. The molecule has 1 amide bonds. The average molecular weight is 504 g/mol. The Balaban J connectivity index is 1.73. The zero-order chi connectivity index (χ0) is 26.7. The van der Waals surface area contributed by atoms with Gasteiger partial charge in [0.05, 0.1) is 54.2 Å². The maximum absolute atomic E-state index is 12.2. The van der Waals surface area contributed by atoms with Crippen molar-refractivity contribution in [1.82, 2.24) is 29.0 Å². The fourth-order valence-electron chi connectivity index (χ4n) is 4.05. The summed E-state index contributed by atoms with van der Waals surface area (Å²) in [6.07, 6.45) is 8.61. The number of fused-ring (bicyclic) bond motifs is 1. The van der Waals surface area contributed by atoms with E-state index in [9.17, 15) is 4.79 Å². The van der Waals surface area contributed by atoms with Gasteiger partial charge < -0.3 is 25.2 Å². The summed E-state index contributed by atoms with van der Waals surface area (Å²) in [4.78, 5) is 25.4. The van der Waals surface area contributed by atoms with Crippen LogP contribution in [0.3, 0.4) is 0 Å². The smallest absolute Gasteiger partial charge is 0.247 e. The van der Waals surface area contributed by atoms with Crippen molar-refractivity contribution in [3.63, 3.8) is 0 Å². The van der Waals surface area contributed by atoms with Gasteiger partial charge in [-0.25, -0.2) is 9.97 Å². The fourth-order valence-corrected chi connectivity index (χ4v) is 4.05. The highest BCUT2D eigenvalue weighted by Gasteiger charge is 2.17. The second-order valence-corrected chi connectivity index (χ2v) is 9.06. The molecule has 2 N–H and O–H groups in total. The van der Waals surface area contributed by atoms with Crippen LogP contribution in [-0.4, -0.2) is 76.3 Å². The molecule has 4 rings (SSSR count). The molecule has 0 aliphatic rings. The van der Waals surface area contributed by atoms with Gasteiger partial charge >= 0.3 is 0 Å². The summed E-state index contributed by atoms with van der Waals surface area (Å²) in [5, 5.41) is 10.7. The minimum atomic E-state index is -0.298. The summed E-state index contributed by atoms with van der Waals surface area (Å²) in [6, 6.07) is 3.74. The lowest BCUT2D eigenvalue weighted by Gasteiger charge is -2.26. The number of ether oxygens (including phenoxy) is 1. The van der Waals surface area contributed by atoms with Gasteiger partial charge in [-0.3, -0.25) is 13.9 Å². The van der Waals surface area contributed by atoms with Crippen LogP contribution in [0.15, 0.2) is 49.6 Å². The van der Waals surface area contributed by atoms with Crippen LogP contribution in [0.4, 0.5) is 22.9 Å². The van der Waals surface area contributed by atoms with E-state index in [0.717, 1.165) is 35.7 Å². The van der Waals surface area contributed by atoms with Gasteiger partial charge in [0.1, 0.15) is 11.6 Å². The maximum Gasteiger partial charge on any atom is 0.247 e. The number of aromatic nitrogens is 5. The first-order valence-electron chi connectivity index (χ1n) is 11.8. The first-order chi connectivity index (χ1) is 17.7. The van der Waals surface area contributed by atoms with Crippen LogP contribution in [0, 0.1) is 6.92 Å². The Hall–Kier alpha value is -4.38. The largest absolute Gasteiger partial charge is 0.494 e. The number of likely N-dealkylation sites (N-methyl/N-ethyl adjacent to an activating group) is 2. The quantitative estimate of drug-likeness (QED) is 0.318. The van der Waals surface area contributed by atoms with E-state index in [1.54, 1.807) is 18.0 Å². The van der Waals surface area contributed by atoms with E-state index >= 15 is 0 Å². The molecular weight excluding hydrogens is 470 g/mol. The lowest BCUT2D eigenvalue weighted by molar-refractivity contribution is -0.111. The zero-order valence-electron chi connectivity index (χ0n) is 22.1. The number of rotatable bonds is 10. The number of nitrogens with zero attached hydrogens (tertiary/aromatic N) is 7. The van der Waals surface area contributed by atoms with Gasteiger partial charge in [-0.1, -0.05) is 6.58 Å². The van der Waals surface area contributed by atoms with Gasteiger partial charge in [-0.15, -0.1) is 0 Å². The Kier molecular flexibility index (Phi) is 7.44. The summed E-state index contributed by atoms with van der Waals surface area (Å²) in [5.41, 5.74) is 5.63. The maximum atomic E-state index is 12.2. The molecule has 0 unspecified atom stereocenters. The molecule has 11 nitrogen and oxygen atoms in total. The monoisotopic (exact) mass is 503 g/mol. The molecule has 0 fully saturated rings. The SMILES string of the molecule is C=CC(=O)Nc1cc(Nc2cn3c(-c4cn(C)nc4C)cnc3cn2)c(OC)cc1N(C)CCN(C)C. The predicted octanol–water partition coefficient (Wildman–Crippen LogP) is 3.31. The van der Waals surface area contributed by atoms with Gasteiger partial charge in [0, 0.05) is 45.0 Å². The van der Waals surface area contributed by atoms with Gasteiger partial charge in [0.15, 0.2) is 5.65 Å². The number of aryl methyl sites for hydroxylation is 2. The molecule has 0 spiro atoms. The third kappa shape index (κ3) is 5.56. The molecule has 0 saturated heterocycles. The van der Waals surface area contributed by atoms with Crippen molar-refractivity contribution in [2.45, 2.75) is 6.92 Å². The lowest BCUT2D eigenvalue weighted by atomic mass is 10.2. The molecule has 0 atom stereocenters. The van der Waals surface area contributed by atoms with Gasteiger partial charge in [-0.2, -0.15) is 5.10 Å². The summed E-state index contributed by atoms with van der Waals surface area (Å²) >= 11 is 0. The van der Waals surface area contributed by atoms with Crippen LogP contribution in [-0.2, 0) is 11.8 Å². The number of anilines is 4. The van der Waals surface area contributed by atoms with Crippen molar-refractivity contribution in [1.29, 1.82) is 0 Å². The lowest BCUT2D eigenvalue weighted by Crippen LogP contribution is -2.29. The topological polar surface area (TPSA) is 105 Å². The first kappa shape index (κ1) is 25.7. The zero-order valence-corrected chi connectivity index (χ0v) is 22.1. The number of nitrogens with one attached hydrogen (secondary N) is 2. The second kappa shape index (κ2) is 10.7. The summed E-state index contributed by atoms with van der Waals surface area (Å²) < 4.78 is 9.46. The Bertz CT molecular complexity index is 1440. The number of benzene rings is 1. The van der Waals surface area contributed by atoms with E-state index in [2.05, 4.69) is 42.1 Å². The second-order valence-electron chi connectivity index (χ2n) is 9.06. The van der Waals surface area contributed by atoms with Crippen molar-refractivity contribution in [2.24, 2.45) is 7.05 Å². The number of imidazole rings is 1. The molecule has 37 heavy (non-hydrogen) atoms. The molecular formula is C26H33N9O2. The Morgan fingerprint density at radius 1 is 1.14 bits per heavy atom.